The van der Waals surface area contributed by atoms with Crippen molar-refractivity contribution in [1.82, 2.24) is 24.7 Å². The van der Waals surface area contributed by atoms with Crippen LogP contribution in [0, 0.1) is 12.3 Å². The highest BCUT2D eigenvalue weighted by atomic mass is 19.4. The number of nitrogens with zero attached hydrogens (tertiary/aromatic N) is 5. The second-order valence-corrected chi connectivity index (χ2v) is 9.24. The highest BCUT2D eigenvalue weighted by Crippen LogP contribution is 2.32. The largest absolute Gasteiger partial charge is 0.481 e. The van der Waals surface area contributed by atoms with Gasteiger partial charge in [0.05, 0.1) is 11.0 Å². The van der Waals surface area contributed by atoms with Crippen LogP contribution in [0.4, 0.5) is 18.9 Å². The molecule has 202 valence electrons. The van der Waals surface area contributed by atoms with E-state index in [1.807, 2.05) is 0 Å². The second kappa shape index (κ2) is 10.5. The number of hydrogen-bond acceptors (Lipinski definition) is 7. The molecule has 0 aliphatic rings. The zero-order chi connectivity index (χ0) is 28.4. The van der Waals surface area contributed by atoms with Gasteiger partial charge in [-0.05, 0) is 56.2 Å². The predicted octanol–water partition coefficient (Wildman–Crippen LogP) is 4.79. The summed E-state index contributed by atoms with van der Waals surface area (Å²) in [6.07, 6.45) is 0.530. The van der Waals surface area contributed by atoms with E-state index in [9.17, 15) is 27.9 Å². The summed E-state index contributed by atoms with van der Waals surface area (Å²) >= 11 is 0. The zero-order valence-corrected chi connectivity index (χ0v) is 21.0. The SMILES string of the molecule is Cc1cc(NC(=O)c2cn(-c3ccccn3)nc2C(F)(F)F)ccc1-c1cnc(OCC(C)(C)C(=O)O)nc1. The number of carboxylic acids is 1. The number of anilines is 1. The van der Waals surface area contributed by atoms with Gasteiger partial charge in [-0.25, -0.2) is 19.6 Å². The van der Waals surface area contributed by atoms with Gasteiger partial charge < -0.3 is 15.2 Å². The normalized spacial score (nSPS) is 11.7. The van der Waals surface area contributed by atoms with E-state index in [4.69, 9.17) is 4.74 Å². The molecule has 13 heteroatoms. The number of benzene rings is 1. The number of nitrogens with one attached hydrogen (secondary N) is 1. The summed E-state index contributed by atoms with van der Waals surface area (Å²) in [5.41, 5.74) is -0.795. The Morgan fingerprint density at radius 2 is 1.79 bits per heavy atom. The quantitative estimate of drug-likeness (QED) is 0.326. The maximum Gasteiger partial charge on any atom is 0.435 e. The van der Waals surface area contributed by atoms with E-state index in [0.29, 0.717) is 16.7 Å². The smallest absolute Gasteiger partial charge is 0.435 e. The Balaban J connectivity index is 1.51. The molecule has 4 rings (SSSR count). The van der Waals surface area contributed by atoms with Crippen LogP contribution in [0.25, 0.3) is 16.9 Å². The Morgan fingerprint density at radius 3 is 2.38 bits per heavy atom. The standard InChI is InChI=1S/C26H23F3N6O4/c1-15-10-17(7-8-18(15)16-11-31-24(32-12-16)39-14-25(2,3)23(37)38)33-22(36)19-13-35(20-6-4-5-9-30-20)34-21(19)26(27,28)29/h4-13H,14H2,1-3H3,(H,33,36)(H,37,38). The van der Waals surface area contributed by atoms with Crippen molar-refractivity contribution in [3.63, 3.8) is 0 Å². The number of alkyl halides is 3. The maximum atomic E-state index is 13.6. The lowest BCUT2D eigenvalue weighted by molar-refractivity contribution is -0.148. The average molecular weight is 541 g/mol. The van der Waals surface area contributed by atoms with Crippen molar-refractivity contribution in [3.8, 4) is 23.0 Å². The van der Waals surface area contributed by atoms with E-state index < -0.39 is 34.7 Å². The molecule has 1 aromatic carbocycles. The molecule has 0 atom stereocenters. The van der Waals surface area contributed by atoms with Gasteiger partial charge in [0.1, 0.15) is 6.61 Å². The molecule has 0 saturated heterocycles. The number of aromatic nitrogens is 5. The molecule has 10 nitrogen and oxygen atoms in total. The number of halogens is 3. The minimum Gasteiger partial charge on any atom is -0.481 e. The fourth-order valence-corrected chi connectivity index (χ4v) is 3.46. The van der Waals surface area contributed by atoms with Crippen molar-refractivity contribution in [2.75, 3.05) is 11.9 Å². The summed E-state index contributed by atoms with van der Waals surface area (Å²) < 4.78 is 47.2. The van der Waals surface area contributed by atoms with Gasteiger partial charge in [0.15, 0.2) is 11.5 Å². The van der Waals surface area contributed by atoms with Gasteiger partial charge in [-0.15, -0.1) is 0 Å². The third-order valence-corrected chi connectivity index (χ3v) is 5.68. The highest BCUT2D eigenvalue weighted by Gasteiger charge is 2.39. The Morgan fingerprint density at radius 1 is 1.08 bits per heavy atom. The molecule has 0 radical (unpaired) electrons. The Hall–Kier alpha value is -4.81. The average Bonchev–Trinajstić information content (AvgIpc) is 3.35. The summed E-state index contributed by atoms with van der Waals surface area (Å²) in [6, 6.07) is 9.48. The topological polar surface area (TPSA) is 132 Å². The van der Waals surface area contributed by atoms with Crippen molar-refractivity contribution >= 4 is 17.6 Å². The maximum absolute atomic E-state index is 13.6. The number of amides is 1. The lowest BCUT2D eigenvalue weighted by atomic mass is 9.95. The number of carbonyl (C=O) groups is 2. The molecule has 0 spiro atoms. The number of pyridine rings is 1. The summed E-state index contributed by atoms with van der Waals surface area (Å²) in [5, 5.41) is 15.2. The number of ether oxygens (including phenoxy) is 1. The van der Waals surface area contributed by atoms with Gasteiger partial charge in [0.25, 0.3) is 5.91 Å². The lowest BCUT2D eigenvalue weighted by Gasteiger charge is -2.18. The first kappa shape index (κ1) is 27.2. The Labute approximate surface area is 220 Å². The minimum absolute atomic E-state index is 0.0151. The number of carboxylic acid groups (broad SMARTS) is 1. The Bertz CT molecular complexity index is 1500. The lowest BCUT2D eigenvalue weighted by Crippen LogP contribution is -2.31. The number of rotatable bonds is 8. The molecule has 0 bridgehead atoms. The second-order valence-electron chi connectivity index (χ2n) is 9.24. The van der Waals surface area contributed by atoms with Crippen LogP contribution >= 0.6 is 0 Å². The molecule has 1 amide bonds. The van der Waals surface area contributed by atoms with Crippen molar-refractivity contribution in [3.05, 3.63) is 78.0 Å². The summed E-state index contributed by atoms with van der Waals surface area (Å²) in [7, 11) is 0. The third kappa shape index (κ3) is 6.20. The van der Waals surface area contributed by atoms with Crippen LogP contribution < -0.4 is 10.1 Å². The van der Waals surface area contributed by atoms with Crippen molar-refractivity contribution in [2.45, 2.75) is 26.9 Å². The van der Waals surface area contributed by atoms with Gasteiger partial charge in [0, 0.05) is 36.0 Å². The number of hydrogen-bond donors (Lipinski definition) is 2. The van der Waals surface area contributed by atoms with E-state index in [1.54, 1.807) is 31.2 Å². The van der Waals surface area contributed by atoms with Gasteiger partial charge in [-0.3, -0.25) is 9.59 Å². The van der Waals surface area contributed by atoms with E-state index in [1.165, 1.54) is 44.6 Å². The van der Waals surface area contributed by atoms with Crippen molar-refractivity contribution < 1.29 is 32.6 Å². The van der Waals surface area contributed by atoms with E-state index >= 15 is 0 Å². The first-order valence-corrected chi connectivity index (χ1v) is 11.5. The molecule has 3 aromatic heterocycles. The van der Waals surface area contributed by atoms with Crippen LogP contribution in [-0.2, 0) is 11.0 Å². The summed E-state index contributed by atoms with van der Waals surface area (Å²) in [5.74, 6) is -1.86. The number of aryl methyl sites for hydroxylation is 1. The van der Waals surface area contributed by atoms with E-state index in [-0.39, 0.29) is 24.1 Å². The fourth-order valence-electron chi connectivity index (χ4n) is 3.46. The summed E-state index contributed by atoms with van der Waals surface area (Å²) in [6.45, 7) is 4.67. The fraction of sp³-hybridized carbons (Fsp3) is 0.231. The zero-order valence-electron chi connectivity index (χ0n) is 21.0. The van der Waals surface area contributed by atoms with Crippen LogP contribution in [0.5, 0.6) is 6.01 Å². The van der Waals surface area contributed by atoms with Gasteiger partial charge >= 0.3 is 18.2 Å². The van der Waals surface area contributed by atoms with Crippen LogP contribution in [0.1, 0.15) is 35.5 Å². The van der Waals surface area contributed by atoms with E-state index in [2.05, 4.69) is 25.4 Å². The van der Waals surface area contributed by atoms with Crippen molar-refractivity contribution in [1.29, 1.82) is 0 Å². The molecule has 0 unspecified atom stereocenters. The number of aliphatic carboxylic acids is 1. The van der Waals surface area contributed by atoms with Crippen LogP contribution in [0.3, 0.4) is 0 Å². The van der Waals surface area contributed by atoms with Crippen LogP contribution in [-0.4, -0.2) is 48.3 Å². The molecule has 4 aromatic rings. The molecule has 0 fully saturated rings. The van der Waals surface area contributed by atoms with Gasteiger partial charge in [-0.2, -0.15) is 18.3 Å². The molecule has 0 aliphatic carbocycles. The molecule has 3 heterocycles. The minimum atomic E-state index is -4.86. The molecule has 0 saturated carbocycles. The number of carbonyl (C=O) groups excluding carboxylic acids is 1. The molecule has 0 aliphatic heterocycles. The molecule has 2 N–H and O–H groups in total. The first-order valence-electron chi connectivity index (χ1n) is 11.5. The van der Waals surface area contributed by atoms with Gasteiger partial charge in [0.2, 0.25) is 0 Å². The highest BCUT2D eigenvalue weighted by molar-refractivity contribution is 6.05. The van der Waals surface area contributed by atoms with E-state index in [0.717, 1.165) is 10.9 Å². The van der Waals surface area contributed by atoms with Crippen LogP contribution in [0.15, 0.2) is 61.2 Å². The third-order valence-electron chi connectivity index (χ3n) is 5.68. The molecular weight excluding hydrogens is 517 g/mol. The Kier molecular flexibility index (Phi) is 7.34. The summed E-state index contributed by atoms with van der Waals surface area (Å²) in [4.78, 5) is 36.3. The first-order chi connectivity index (χ1) is 18.3. The molecular formula is C26H23F3N6O4. The van der Waals surface area contributed by atoms with Crippen molar-refractivity contribution in [2.24, 2.45) is 5.41 Å². The monoisotopic (exact) mass is 540 g/mol. The molecule has 39 heavy (non-hydrogen) atoms. The predicted molar refractivity (Wildman–Crippen MR) is 133 cm³/mol. The van der Waals surface area contributed by atoms with Crippen LogP contribution in [0.2, 0.25) is 0 Å². The van der Waals surface area contributed by atoms with Gasteiger partial charge in [-0.1, -0.05) is 12.1 Å².